The van der Waals surface area contributed by atoms with E-state index in [1.54, 1.807) is 23.0 Å². The maximum Gasteiger partial charge on any atom is 0.433 e. The van der Waals surface area contributed by atoms with Crippen LogP contribution in [0, 0.1) is 11.3 Å². The molecule has 3 aromatic heterocycles. The second kappa shape index (κ2) is 6.93. The summed E-state index contributed by atoms with van der Waals surface area (Å²) in [5.74, 6) is -0.102. The van der Waals surface area contributed by atoms with Crippen LogP contribution in [0.15, 0.2) is 30.6 Å². The van der Waals surface area contributed by atoms with Crippen molar-refractivity contribution >= 4 is 21.7 Å². The van der Waals surface area contributed by atoms with Crippen molar-refractivity contribution in [3.63, 3.8) is 0 Å². The molecule has 158 valence electrons. The number of alkyl halides is 3. The van der Waals surface area contributed by atoms with E-state index in [0.717, 1.165) is 21.0 Å². The topological polar surface area (TPSA) is 147 Å². The summed E-state index contributed by atoms with van der Waals surface area (Å²) in [5.41, 5.74) is -1.47. The van der Waals surface area contributed by atoms with E-state index in [0.29, 0.717) is 0 Å². The Hall–Kier alpha value is -3.22. The van der Waals surface area contributed by atoms with E-state index in [1.165, 1.54) is 6.20 Å². The third-order valence-corrected chi connectivity index (χ3v) is 5.77. The van der Waals surface area contributed by atoms with Crippen molar-refractivity contribution in [1.29, 1.82) is 5.26 Å². The van der Waals surface area contributed by atoms with Gasteiger partial charge < -0.3 is 5.32 Å². The van der Waals surface area contributed by atoms with Gasteiger partial charge in [-0.3, -0.25) is 4.68 Å². The summed E-state index contributed by atoms with van der Waals surface area (Å²) in [4.78, 5) is 3.49. The Labute approximate surface area is 167 Å². The Morgan fingerprint density at radius 3 is 2.73 bits per heavy atom. The normalized spacial score (nSPS) is 20.1. The molecule has 4 rings (SSSR count). The second-order valence-electron chi connectivity index (χ2n) is 6.55. The summed E-state index contributed by atoms with van der Waals surface area (Å²) in [7, 11) is -4.02. The van der Waals surface area contributed by atoms with Gasteiger partial charge in [0.05, 0.1) is 12.1 Å². The lowest BCUT2D eigenvalue weighted by atomic mass is 10.0. The molecule has 2 atom stereocenters. The molecule has 1 fully saturated rings. The fourth-order valence-corrected chi connectivity index (χ4v) is 4.23. The number of rotatable bonds is 5. The van der Waals surface area contributed by atoms with Crippen molar-refractivity contribution in [3.05, 3.63) is 42.0 Å². The van der Waals surface area contributed by atoms with E-state index in [4.69, 9.17) is 10.4 Å². The molecule has 0 bridgehead atoms. The fourth-order valence-electron chi connectivity index (χ4n) is 3.27. The lowest BCUT2D eigenvalue weighted by Gasteiger charge is -2.45. The van der Waals surface area contributed by atoms with Crippen LogP contribution >= 0.6 is 0 Å². The van der Waals surface area contributed by atoms with Gasteiger partial charge in [0.15, 0.2) is 17.0 Å². The van der Waals surface area contributed by atoms with Crippen molar-refractivity contribution in [3.8, 4) is 6.07 Å². The Balaban J connectivity index is 1.67. The van der Waals surface area contributed by atoms with Gasteiger partial charge in [0.25, 0.3) is 10.2 Å². The highest BCUT2D eigenvalue weighted by atomic mass is 32.2. The van der Waals surface area contributed by atoms with Crippen LogP contribution in [0.1, 0.15) is 17.4 Å². The van der Waals surface area contributed by atoms with E-state index in [2.05, 4.69) is 20.5 Å². The van der Waals surface area contributed by atoms with Gasteiger partial charge in [-0.2, -0.15) is 45.9 Å². The van der Waals surface area contributed by atoms with Gasteiger partial charge in [-0.05, 0) is 6.07 Å². The zero-order valence-corrected chi connectivity index (χ0v) is 15.8. The van der Waals surface area contributed by atoms with Gasteiger partial charge in [-0.25, -0.2) is 10.1 Å². The minimum Gasteiger partial charge on any atom is -0.368 e. The predicted octanol–water partition coefficient (Wildman–Crippen LogP) is 0.357. The average Bonchev–Trinajstić information content (AvgIpc) is 3.28. The zero-order chi connectivity index (χ0) is 21.7. The Morgan fingerprint density at radius 1 is 1.37 bits per heavy atom. The summed E-state index contributed by atoms with van der Waals surface area (Å²) < 4.78 is 67.0. The van der Waals surface area contributed by atoms with Crippen molar-refractivity contribution in [1.82, 2.24) is 28.7 Å². The molecule has 0 radical (unpaired) electrons. The lowest BCUT2D eigenvalue weighted by molar-refractivity contribution is -0.141. The first-order valence-electron chi connectivity index (χ1n) is 8.48. The summed E-state index contributed by atoms with van der Waals surface area (Å²) >= 11 is 0. The molecule has 3 N–H and O–H groups in total. The number of nitrogens with zero attached hydrogens (tertiary/aromatic N) is 7. The van der Waals surface area contributed by atoms with Crippen molar-refractivity contribution < 1.29 is 21.6 Å². The molecular weight excluding hydrogens is 427 g/mol. The third kappa shape index (κ3) is 3.56. The highest BCUT2D eigenvalue weighted by Gasteiger charge is 2.46. The summed E-state index contributed by atoms with van der Waals surface area (Å²) in [6, 6.07) is 4.20. The molecule has 0 aromatic carbocycles. The van der Waals surface area contributed by atoms with Gasteiger partial charge >= 0.3 is 6.18 Å². The zero-order valence-electron chi connectivity index (χ0n) is 15.0. The number of nitrogens with two attached hydrogens (primary N) is 1. The van der Waals surface area contributed by atoms with Gasteiger partial charge in [0, 0.05) is 37.6 Å². The van der Waals surface area contributed by atoms with Gasteiger partial charge in [0.1, 0.15) is 11.9 Å². The van der Waals surface area contributed by atoms with Crippen LogP contribution < -0.4 is 10.5 Å². The van der Waals surface area contributed by atoms with Crippen LogP contribution in [0.2, 0.25) is 0 Å². The minimum absolute atomic E-state index is 0.0762. The third-order valence-electron chi connectivity index (χ3n) is 4.70. The van der Waals surface area contributed by atoms with Crippen LogP contribution in [-0.4, -0.2) is 56.2 Å². The quantitative estimate of drug-likeness (QED) is 0.581. The molecule has 2 unspecified atom stereocenters. The number of aromatic nitrogens is 5. The van der Waals surface area contributed by atoms with E-state index < -0.39 is 28.1 Å². The number of anilines is 1. The van der Waals surface area contributed by atoms with Crippen LogP contribution in [0.3, 0.4) is 0 Å². The molecule has 1 aliphatic heterocycles. The molecule has 1 aliphatic rings. The highest BCUT2D eigenvalue weighted by Crippen LogP contribution is 2.33. The van der Waals surface area contributed by atoms with E-state index >= 15 is 0 Å². The van der Waals surface area contributed by atoms with Gasteiger partial charge in [-0.15, -0.1) is 0 Å². The molecule has 4 heterocycles. The molecular formula is C15H14F3N9O2S. The Bertz CT molecular complexity index is 1230. The van der Waals surface area contributed by atoms with Gasteiger partial charge in [-0.1, -0.05) is 0 Å². The Morgan fingerprint density at radius 2 is 2.13 bits per heavy atom. The summed E-state index contributed by atoms with van der Waals surface area (Å²) in [6.45, 7) is -0.00805. The summed E-state index contributed by atoms with van der Waals surface area (Å²) in [5, 5.41) is 25.0. The highest BCUT2D eigenvalue weighted by molar-refractivity contribution is 7.86. The largest absolute Gasteiger partial charge is 0.433 e. The first-order chi connectivity index (χ1) is 14.1. The SMILES string of the molecule is N#Cc1cc2nc(C(F)(F)F)cc(NCC3C(n4cccn4)CN3S(N)(=O)=O)n2n1. The molecule has 30 heavy (non-hydrogen) atoms. The van der Waals surface area contributed by atoms with Crippen molar-refractivity contribution in [2.24, 2.45) is 5.14 Å². The van der Waals surface area contributed by atoms with Crippen LogP contribution in [-0.2, 0) is 16.4 Å². The average molecular weight is 441 g/mol. The van der Waals surface area contributed by atoms with Crippen molar-refractivity contribution in [2.75, 3.05) is 18.4 Å². The number of nitrogens with one attached hydrogen (secondary N) is 1. The standard InChI is InChI=1S/C15H14F3N9O2S/c16-15(17,18)12-5-13(27-14(23-12)4-9(6-19)24-27)21-7-10-11(25-3-1-2-22-25)8-26(10)30(20,28)29/h1-5,10-11,21H,7-8H2,(H2,20,28,29). The number of nitriles is 1. The van der Waals surface area contributed by atoms with E-state index in [1.807, 2.05) is 0 Å². The fraction of sp³-hybridized carbons (Fsp3) is 0.333. The molecule has 3 aromatic rings. The first kappa shape index (κ1) is 20.1. The van der Waals surface area contributed by atoms with Gasteiger partial charge in [0.2, 0.25) is 0 Å². The predicted molar refractivity (Wildman–Crippen MR) is 96.1 cm³/mol. The monoisotopic (exact) mass is 441 g/mol. The number of fused-ring (bicyclic) bond motifs is 1. The molecule has 11 nitrogen and oxygen atoms in total. The molecule has 0 saturated carbocycles. The van der Waals surface area contributed by atoms with Crippen LogP contribution in [0.25, 0.3) is 5.65 Å². The lowest BCUT2D eigenvalue weighted by Crippen LogP contribution is -2.63. The molecule has 0 amide bonds. The number of hydrogen-bond donors (Lipinski definition) is 2. The molecule has 1 saturated heterocycles. The van der Waals surface area contributed by atoms with Crippen LogP contribution in [0.4, 0.5) is 19.0 Å². The molecule has 15 heteroatoms. The Kier molecular flexibility index (Phi) is 4.64. The van der Waals surface area contributed by atoms with E-state index in [-0.39, 0.29) is 36.3 Å². The molecule has 0 spiro atoms. The smallest absolute Gasteiger partial charge is 0.368 e. The molecule has 0 aliphatic carbocycles. The number of halogens is 3. The second-order valence-corrected chi connectivity index (χ2v) is 8.05. The number of hydrogen-bond acceptors (Lipinski definition) is 7. The minimum atomic E-state index is -4.73. The maximum atomic E-state index is 13.2. The van der Waals surface area contributed by atoms with Crippen LogP contribution in [0.5, 0.6) is 0 Å². The maximum absolute atomic E-state index is 13.2. The van der Waals surface area contributed by atoms with E-state index in [9.17, 15) is 21.6 Å². The van der Waals surface area contributed by atoms with Crippen molar-refractivity contribution in [2.45, 2.75) is 18.3 Å². The first-order valence-corrected chi connectivity index (χ1v) is 9.99. The summed E-state index contributed by atoms with van der Waals surface area (Å²) in [6.07, 6.45) is -1.55.